The van der Waals surface area contributed by atoms with E-state index in [-0.39, 0.29) is 17.7 Å². The van der Waals surface area contributed by atoms with Gasteiger partial charge in [-0.2, -0.15) is 0 Å². The molecule has 8 heteroatoms. The molecule has 150 valence electrons. The molecule has 3 aromatic rings. The van der Waals surface area contributed by atoms with Gasteiger partial charge in [0.2, 0.25) is 5.91 Å². The molecule has 29 heavy (non-hydrogen) atoms. The topological polar surface area (TPSA) is 59.8 Å². The Morgan fingerprint density at radius 3 is 2.62 bits per heavy atom. The van der Waals surface area contributed by atoms with Crippen molar-refractivity contribution in [3.8, 4) is 5.69 Å². The van der Waals surface area contributed by atoms with Gasteiger partial charge in [0.05, 0.1) is 21.8 Å². The Kier molecular flexibility index (Phi) is 6.13. The van der Waals surface area contributed by atoms with Gasteiger partial charge >= 0.3 is 0 Å². The first kappa shape index (κ1) is 20.3. The average Bonchev–Trinajstić information content (AvgIpc) is 3.48. The van der Waals surface area contributed by atoms with Crippen LogP contribution in [0.15, 0.2) is 53.7 Å². The fourth-order valence-electron chi connectivity index (χ4n) is 3.08. The van der Waals surface area contributed by atoms with Crippen molar-refractivity contribution in [2.45, 2.75) is 36.9 Å². The molecule has 1 amide bonds. The number of rotatable bonds is 7. The van der Waals surface area contributed by atoms with Crippen LogP contribution in [0.1, 0.15) is 43.1 Å². The van der Waals surface area contributed by atoms with Crippen molar-refractivity contribution in [2.24, 2.45) is 0 Å². The minimum atomic E-state index is -0.174. The van der Waals surface area contributed by atoms with Gasteiger partial charge in [-0.15, -0.1) is 10.2 Å². The Labute approximate surface area is 183 Å². The summed E-state index contributed by atoms with van der Waals surface area (Å²) in [6, 6.07) is 15.2. The lowest BCUT2D eigenvalue weighted by molar-refractivity contribution is -0.119. The van der Waals surface area contributed by atoms with Crippen LogP contribution in [-0.2, 0) is 4.79 Å². The largest absolute Gasteiger partial charge is 0.349 e. The molecule has 1 atom stereocenters. The van der Waals surface area contributed by atoms with Crippen LogP contribution >= 0.6 is 35.0 Å². The average molecular weight is 447 g/mol. The van der Waals surface area contributed by atoms with Crippen molar-refractivity contribution in [3.63, 3.8) is 0 Å². The van der Waals surface area contributed by atoms with E-state index < -0.39 is 0 Å². The van der Waals surface area contributed by atoms with Crippen LogP contribution in [0.4, 0.5) is 0 Å². The van der Waals surface area contributed by atoms with Gasteiger partial charge in [0.1, 0.15) is 5.82 Å². The molecular weight excluding hydrogens is 427 g/mol. The predicted octanol–water partition coefficient (Wildman–Crippen LogP) is 5.42. The normalized spacial score (nSPS) is 14.6. The van der Waals surface area contributed by atoms with Crippen LogP contribution < -0.4 is 5.32 Å². The molecule has 1 saturated carbocycles. The number of halogens is 2. The first-order valence-electron chi connectivity index (χ1n) is 9.41. The molecule has 1 aliphatic rings. The Hall–Kier alpha value is -2.02. The van der Waals surface area contributed by atoms with Crippen LogP contribution in [0.3, 0.4) is 0 Å². The highest BCUT2D eigenvalue weighted by molar-refractivity contribution is 7.99. The Bertz CT molecular complexity index is 1020. The van der Waals surface area contributed by atoms with E-state index in [1.165, 1.54) is 11.8 Å². The summed E-state index contributed by atoms with van der Waals surface area (Å²) in [4.78, 5) is 12.5. The van der Waals surface area contributed by atoms with Crippen LogP contribution in [0.25, 0.3) is 5.69 Å². The number of carbonyl (C=O) groups is 1. The van der Waals surface area contributed by atoms with Gasteiger partial charge in [0.25, 0.3) is 0 Å². The lowest BCUT2D eigenvalue weighted by Gasteiger charge is -2.15. The maximum absolute atomic E-state index is 12.5. The summed E-state index contributed by atoms with van der Waals surface area (Å²) in [5, 5.41) is 13.4. The molecule has 0 spiro atoms. The first-order chi connectivity index (χ1) is 14.0. The third kappa shape index (κ3) is 4.77. The third-order valence-corrected chi connectivity index (χ3v) is 6.44. The van der Waals surface area contributed by atoms with Gasteiger partial charge < -0.3 is 5.32 Å². The Morgan fingerprint density at radius 2 is 1.93 bits per heavy atom. The number of nitrogens with zero attached hydrogens (tertiary/aromatic N) is 3. The van der Waals surface area contributed by atoms with Crippen molar-refractivity contribution in [2.75, 3.05) is 5.75 Å². The van der Waals surface area contributed by atoms with Crippen LogP contribution in [0.2, 0.25) is 10.0 Å². The van der Waals surface area contributed by atoms with Gasteiger partial charge in [0.15, 0.2) is 5.16 Å². The fourth-order valence-corrected chi connectivity index (χ4v) is 4.16. The third-order valence-electron chi connectivity index (χ3n) is 4.77. The van der Waals surface area contributed by atoms with Gasteiger partial charge in [-0.25, -0.2) is 0 Å². The summed E-state index contributed by atoms with van der Waals surface area (Å²) in [6.07, 6.45) is 2.27. The first-order valence-corrected chi connectivity index (χ1v) is 11.1. The van der Waals surface area contributed by atoms with Crippen LogP contribution in [0, 0.1) is 0 Å². The highest BCUT2D eigenvalue weighted by Crippen LogP contribution is 2.41. The highest BCUT2D eigenvalue weighted by Gasteiger charge is 2.31. The Balaban J connectivity index is 1.44. The van der Waals surface area contributed by atoms with E-state index in [1.54, 1.807) is 12.1 Å². The lowest BCUT2D eigenvalue weighted by atomic mass is 10.1. The summed E-state index contributed by atoms with van der Waals surface area (Å²) >= 11 is 13.4. The van der Waals surface area contributed by atoms with Crippen LogP contribution in [-0.4, -0.2) is 26.4 Å². The molecular formula is C21H20Cl2N4OS. The molecule has 1 aliphatic carbocycles. The van der Waals surface area contributed by atoms with E-state index in [1.807, 2.05) is 43.3 Å². The van der Waals surface area contributed by atoms with E-state index >= 15 is 0 Å². The molecule has 0 aliphatic heterocycles. The second-order valence-electron chi connectivity index (χ2n) is 7.04. The number of aromatic nitrogens is 3. The van der Waals surface area contributed by atoms with Crippen molar-refractivity contribution in [3.05, 3.63) is 70.0 Å². The molecule has 1 N–H and O–H groups in total. The smallest absolute Gasteiger partial charge is 0.230 e. The van der Waals surface area contributed by atoms with Crippen molar-refractivity contribution in [1.29, 1.82) is 0 Å². The van der Waals surface area contributed by atoms with Gasteiger partial charge in [-0.05, 0) is 49.6 Å². The molecule has 0 bridgehead atoms. The quantitative estimate of drug-likeness (QED) is 0.492. The summed E-state index contributed by atoms with van der Waals surface area (Å²) in [5.41, 5.74) is 1.92. The lowest BCUT2D eigenvalue weighted by Crippen LogP contribution is -2.28. The van der Waals surface area contributed by atoms with Gasteiger partial charge in [0, 0.05) is 11.6 Å². The van der Waals surface area contributed by atoms with E-state index in [4.69, 9.17) is 23.2 Å². The summed E-state index contributed by atoms with van der Waals surface area (Å²) in [7, 11) is 0. The Morgan fingerprint density at radius 1 is 1.17 bits per heavy atom. The van der Waals surface area contributed by atoms with E-state index in [0.29, 0.717) is 16.0 Å². The monoisotopic (exact) mass is 446 g/mol. The summed E-state index contributed by atoms with van der Waals surface area (Å²) in [5.74, 6) is 1.61. The van der Waals surface area contributed by atoms with E-state index in [2.05, 4.69) is 20.1 Å². The predicted molar refractivity (Wildman–Crippen MR) is 117 cm³/mol. The molecule has 1 fully saturated rings. The minimum Gasteiger partial charge on any atom is -0.349 e. The van der Waals surface area contributed by atoms with Crippen molar-refractivity contribution >= 4 is 40.9 Å². The number of carbonyl (C=O) groups excluding carboxylic acids is 1. The summed E-state index contributed by atoms with van der Waals surface area (Å²) in [6.45, 7) is 1.92. The molecule has 4 rings (SSSR count). The van der Waals surface area contributed by atoms with Crippen molar-refractivity contribution in [1.82, 2.24) is 20.1 Å². The molecule has 1 aromatic heterocycles. The number of para-hydroxylation sites is 1. The summed E-state index contributed by atoms with van der Waals surface area (Å²) < 4.78 is 2.07. The molecule has 0 radical (unpaired) electrons. The van der Waals surface area contributed by atoms with Crippen molar-refractivity contribution < 1.29 is 4.79 Å². The SMILES string of the molecule is CC(NC(=O)CSc1nnc(C2CC2)n1-c1ccccc1)c1ccc(Cl)c(Cl)c1. The van der Waals surface area contributed by atoms with E-state index in [9.17, 15) is 4.79 Å². The molecule has 1 heterocycles. The molecule has 5 nitrogen and oxygen atoms in total. The number of hydrogen-bond acceptors (Lipinski definition) is 4. The highest BCUT2D eigenvalue weighted by atomic mass is 35.5. The van der Waals surface area contributed by atoms with Gasteiger partial charge in [-0.1, -0.05) is 59.2 Å². The fraction of sp³-hybridized carbons (Fsp3) is 0.286. The zero-order valence-electron chi connectivity index (χ0n) is 15.8. The van der Waals surface area contributed by atoms with Crippen LogP contribution in [0.5, 0.6) is 0 Å². The number of benzene rings is 2. The number of nitrogens with one attached hydrogen (secondary N) is 1. The number of thioether (sulfide) groups is 1. The minimum absolute atomic E-state index is 0.0795. The maximum atomic E-state index is 12.5. The zero-order chi connectivity index (χ0) is 20.4. The maximum Gasteiger partial charge on any atom is 0.230 e. The standard InChI is InChI=1S/C21H20Cl2N4OS/c1-13(15-9-10-17(22)18(23)11-15)24-19(28)12-29-21-26-25-20(14-7-8-14)27(21)16-5-3-2-4-6-16/h2-6,9-11,13-14H,7-8,12H2,1H3,(H,24,28). The van der Waals surface area contributed by atoms with E-state index in [0.717, 1.165) is 35.1 Å². The molecule has 0 saturated heterocycles. The van der Waals surface area contributed by atoms with Gasteiger partial charge in [-0.3, -0.25) is 9.36 Å². The number of hydrogen-bond donors (Lipinski definition) is 1. The second kappa shape index (κ2) is 8.78. The number of amides is 1. The molecule has 2 aromatic carbocycles. The second-order valence-corrected chi connectivity index (χ2v) is 8.79. The zero-order valence-corrected chi connectivity index (χ0v) is 18.1. The molecule has 1 unspecified atom stereocenters.